The number of aromatic nitrogens is 3. The van der Waals surface area contributed by atoms with Gasteiger partial charge in [0.05, 0.1) is 31.0 Å². The van der Waals surface area contributed by atoms with Crippen molar-refractivity contribution >= 4 is 5.91 Å². The van der Waals surface area contributed by atoms with Crippen LogP contribution in [0.4, 0.5) is 0 Å². The number of pyridine rings is 1. The Morgan fingerprint density at radius 3 is 2.72 bits per heavy atom. The summed E-state index contributed by atoms with van der Waals surface area (Å²) in [4.78, 5) is 16.9. The van der Waals surface area contributed by atoms with Crippen LogP contribution in [0.1, 0.15) is 28.7 Å². The summed E-state index contributed by atoms with van der Waals surface area (Å²) >= 11 is 0. The largest absolute Gasteiger partial charge is 0.496 e. The molecule has 0 bridgehead atoms. The lowest BCUT2D eigenvalue weighted by Crippen LogP contribution is -2.31. The number of rotatable bonds is 6. The quantitative estimate of drug-likeness (QED) is 0.725. The number of nitrogens with zero attached hydrogens (tertiary/aromatic N) is 2. The zero-order valence-electron chi connectivity index (χ0n) is 14.2. The van der Waals surface area contributed by atoms with Gasteiger partial charge in [0.25, 0.3) is 0 Å². The fourth-order valence-electron chi connectivity index (χ4n) is 2.70. The van der Waals surface area contributed by atoms with E-state index in [9.17, 15) is 4.79 Å². The Morgan fingerprint density at radius 1 is 1.24 bits per heavy atom. The van der Waals surface area contributed by atoms with E-state index in [-0.39, 0.29) is 12.3 Å². The number of hydrogen-bond donors (Lipinski definition) is 2. The minimum absolute atomic E-state index is 0.131. The average molecular weight is 336 g/mol. The van der Waals surface area contributed by atoms with Crippen LogP contribution in [0, 0.1) is 6.92 Å². The highest BCUT2D eigenvalue weighted by Crippen LogP contribution is 2.28. The first-order valence-corrected chi connectivity index (χ1v) is 8.01. The number of amides is 1. The van der Waals surface area contributed by atoms with Crippen molar-refractivity contribution in [3.63, 3.8) is 0 Å². The van der Waals surface area contributed by atoms with Gasteiger partial charge in [-0.2, -0.15) is 5.10 Å². The van der Waals surface area contributed by atoms with Crippen LogP contribution in [0.5, 0.6) is 5.75 Å². The van der Waals surface area contributed by atoms with Gasteiger partial charge in [-0.3, -0.25) is 14.9 Å². The van der Waals surface area contributed by atoms with Crippen LogP contribution in [0.15, 0.2) is 54.7 Å². The Hall–Kier alpha value is -3.15. The molecule has 0 fully saturated rings. The molecular weight excluding hydrogens is 316 g/mol. The van der Waals surface area contributed by atoms with Gasteiger partial charge >= 0.3 is 0 Å². The van der Waals surface area contributed by atoms with E-state index in [1.165, 1.54) is 0 Å². The second kappa shape index (κ2) is 7.61. The SMILES string of the molecule is COc1ccccc1[C@@H](NC(=O)Cc1cc(C)[nH]n1)c1ccccn1. The molecule has 0 aliphatic carbocycles. The van der Waals surface area contributed by atoms with Crippen molar-refractivity contribution < 1.29 is 9.53 Å². The molecule has 0 aliphatic rings. The van der Waals surface area contributed by atoms with E-state index >= 15 is 0 Å². The third kappa shape index (κ3) is 4.03. The number of aryl methyl sites for hydroxylation is 1. The van der Waals surface area contributed by atoms with Gasteiger partial charge in [0.15, 0.2) is 0 Å². The van der Waals surface area contributed by atoms with E-state index in [1.54, 1.807) is 13.3 Å². The zero-order valence-corrected chi connectivity index (χ0v) is 14.2. The maximum absolute atomic E-state index is 12.5. The number of H-pyrrole nitrogens is 1. The fraction of sp³-hybridized carbons (Fsp3) is 0.211. The van der Waals surface area contributed by atoms with E-state index < -0.39 is 6.04 Å². The van der Waals surface area contributed by atoms with Crippen molar-refractivity contribution in [2.24, 2.45) is 0 Å². The first-order valence-electron chi connectivity index (χ1n) is 8.01. The molecule has 0 spiro atoms. The zero-order chi connectivity index (χ0) is 17.6. The van der Waals surface area contributed by atoms with Crippen molar-refractivity contribution in [2.45, 2.75) is 19.4 Å². The summed E-state index contributed by atoms with van der Waals surface area (Å²) < 4.78 is 5.45. The summed E-state index contributed by atoms with van der Waals surface area (Å²) in [7, 11) is 1.61. The number of para-hydroxylation sites is 1. The highest BCUT2D eigenvalue weighted by Gasteiger charge is 2.21. The molecule has 0 radical (unpaired) electrons. The molecule has 6 heteroatoms. The number of ether oxygens (including phenoxy) is 1. The molecule has 3 rings (SSSR count). The molecule has 25 heavy (non-hydrogen) atoms. The average Bonchev–Trinajstić information content (AvgIpc) is 3.05. The maximum atomic E-state index is 12.5. The molecule has 2 N–H and O–H groups in total. The summed E-state index contributed by atoms with van der Waals surface area (Å²) in [5.74, 6) is 0.571. The monoisotopic (exact) mass is 336 g/mol. The molecule has 0 unspecified atom stereocenters. The minimum atomic E-state index is -0.398. The molecule has 128 valence electrons. The van der Waals surface area contributed by atoms with Gasteiger partial charge < -0.3 is 10.1 Å². The Kier molecular flexibility index (Phi) is 5.09. The molecule has 1 aromatic carbocycles. The number of carbonyl (C=O) groups is 1. The highest BCUT2D eigenvalue weighted by atomic mass is 16.5. The van der Waals surface area contributed by atoms with Crippen LogP contribution >= 0.6 is 0 Å². The molecule has 6 nitrogen and oxygen atoms in total. The third-order valence-electron chi connectivity index (χ3n) is 3.84. The van der Waals surface area contributed by atoms with Gasteiger partial charge in [-0.25, -0.2) is 0 Å². The van der Waals surface area contributed by atoms with Crippen LogP contribution < -0.4 is 10.1 Å². The van der Waals surface area contributed by atoms with E-state index in [0.29, 0.717) is 11.4 Å². The van der Waals surface area contributed by atoms with E-state index in [1.807, 2.05) is 55.5 Å². The van der Waals surface area contributed by atoms with Gasteiger partial charge in [0, 0.05) is 17.5 Å². The molecule has 2 aromatic heterocycles. The van der Waals surface area contributed by atoms with E-state index in [2.05, 4.69) is 20.5 Å². The predicted molar refractivity (Wildman–Crippen MR) is 94.2 cm³/mol. The smallest absolute Gasteiger partial charge is 0.226 e. The maximum Gasteiger partial charge on any atom is 0.226 e. The standard InChI is InChI=1S/C19H20N4O2/c1-13-11-14(23-22-13)12-18(24)21-19(16-8-5-6-10-20-16)15-7-3-4-9-17(15)25-2/h3-11,19H,12H2,1-2H3,(H,21,24)(H,22,23)/t19-/m1/s1. The Morgan fingerprint density at radius 2 is 2.04 bits per heavy atom. The topological polar surface area (TPSA) is 79.9 Å². The van der Waals surface area contributed by atoms with Gasteiger partial charge in [-0.1, -0.05) is 24.3 Å². The van der Waals surface area contributed by atoms with Crippen molar-refractivity contribution in [1.29, 1.82) is 0 Å². The highest BCUT2D eigenvalue weighted by molar-refractivity contribution is 5.79. The predicted octanol–water partition coefficient (Wildman–Crippen LogP) is 2.57. The van der Waals surface area contributed by atoms with Gasteiger partial charge in [0.2, 0.25) is 5.91 Å². The van der Waals surface area contributed by atoms with Crippen LogP contribution in [0.2, 0.25) is 0 Å². The van der Waals surface area contributed by atoms with Gasteiger partial charge in [-0.15, -0.1) is 0 Å². The fourth-order valence-corrected chi connectivity index (χ4v) is 2.70. The summed E-state index contributed by atoms with van der Waals surface area (Å²) in [6.45, 7) is 1.90. The first-order chi connectivity index (χ1) is 12.2. The van der Waals surface area contributed by atoms with Crippen LogP contribution in [-0.2, 0) is 11.2 Å². The summed E-state index contributed by atoms with van der Waals surface area (Å²) in [6, 6.07) is 14.7. The minimum Gasteiger partial charge on any atom is -0.496 e. The molecule has 1 atom stereocenters. The van der Waals surface area contributed by atoms with Gasteiger partial charge in [0.1, 0.15) is 5.75 Å². The summed E-state index contributed by atoms with van der Waals surface area (Å²) in [6.07, 6.45) is 1.91. The second-order valence-electron chi connectivity index (χ2n) is 5.72. The lowest BCUT2D eigenvalue weighted by atomic mass is 10.0. The second-order valence-corrected chi connectivity index (χ2v) is 5.72. The number of aromatic amines is 1. The Bertz CT molecular complexity index is 845. The van der Waals surface area contributed by atoms with Gasteiger partial charge in [-0.05, 0) is 31.2 Å². The molecule has 0 saturated heterocycles. The number of methoxy groups -OCH3 is 1. The van der Waals surface area contributed by atoms with Crippen molar-refractivity contribution in [1.82, 2.24) is 20.5 Å². The molecule has 0 saturated carbocycles. The summed E-state index contributed by atoms with van der Waals surface area (Å²) in [5.41, 5.74) is 3.23. The van der Waals surface area contributed by atoms with Crippen molar-refractivity contribution in [3.8, 4) is 5.75 Å². The molecule has 2 heterocycles. The normalized spacial score (nSPS) is 11.8. The number of carbonyl (C=O) groups excluding carboxylic acids is 1. The number of hydrogen-bond acceptors (Lipinski definition) is 4. The van der Waals surface area contributed by atoms with E-state index in [0.717, 1.165) is 17.0 Å². The van der Waals surface area contributed by atoms with Crippen molar-refractivity contribution in [3.05, 3.63) is 77.4 Å². The lowest BCUT2D eigenvalue weighted by Gasteiger charge is -2.20. The Labute approximate surface area is 146 Å². The van der Waals surface area contributed by atoms with Crippen LogP contribution in [-0.4, -0.2) is 28.2 Å². The number of benzene rings is 1. The van der Waals surface area contributed by atoms with Crippen LogP contribution in [0.3, 0.4) is 0 Å². The third-order valence-corrected chi connectivity index (χ3v) is 3.84. The van der Waals surface area contributed by atoms with Crippen molar-refractivity contribution in [2.75, 3.05) is 7.11 Å². The molecule has 1 amide bonds. The summed E-state index contributed by atoms with van der Waals surface area (Å²) in [5, 5.41) is 10.0. The first kappa shape index (κ1) is 16.7. The molecular formula is C19H20N4O2. The van der Waals surface area contributed by atoms with E-state index in [4.69, 9.17) is 4.74 Å². The number of nitrogens with one attached hydrogen (secondary N) is 2. The van der Waals surface area contributed by atoms with Crippen LogP contribution in [0.25, 0.3) is 0 Å². The Balaban J connectivity index is 1.88. The lowest BCUT2D eigenvalue weighted by molar-refractivity contribution is -0.121. The molecule has 0 aliphatic heterocycles. The molecule has 3 aromatic rings.